The number of thioether (sulfide) groups is 1. The first-order chi connectivity index (χ1) is 8.34. The highest BCUT2D eigenvalue weighted by atomic mass is 35.5. The molecule has 0 spiro atoms. The van der Waals surface area contributed by atoms with E-state index in [-0.39, 0.29) is 12.4 Å². The van der Waals surface area contributed by atoms with Gasteiger partial charge in [-0.3, -0.25) is 4.90 Å². The van der Waals surface area contributed by atoms with Crippen molar-refractivity contribution in [1.82, 2.24) is 4.90 Å². The smallest absolute Gasteiger partial charge is 0.119 e. The molecule has 3 nitrogen and oxygen atoms in total. The lowest BCUT2D eigenvalue weighted by Gasteiger charge is -2.28. The molecular weight excluding hydrogens is 270 g/mol. The number of halogens is 1. The maximum Gasteiger partial charge on any atom is 0.119 e. The quantitative estimate of drug-likeness (QED) is 0.713. The van der Waals surface area contributed by atoms with Crippen LogP contribution < -0.4 is 17.1 Å². The molecule has 1 saturated heterocycles. The Morgan fingerprint density at radius 1 is 1.22 bits per heavy atom. The predicted octanol–water partition coefficient (Wildman–Crippen LogP) is -1.52. The Balaban J connectivity index is 0.00000162. The highest BCUT2D eigenvalue weighted by Gasteiger charge is 2.15. The minimum absolute atomic E-state index is 0. The molecule has 1 aliphatic rings. The molecule has 102 valence electrons. The second-order valence-electron chi connectivity index (χ2n) is 4.19. The van der Waals surface area contributed by atoms with Crippen LogP contribution in [-0.2, 0) is 0 Å². The van der Waals surface area contributed by atoms with E-state index in [1.54, 1.807) is 0 Å². The Labute approximate surface area is 119 Å². The van der Waals surface area contributed by atoms with E-state index in [9.17, 15) is 5.11 Å². The number of benzene rings is 1. The van der Waals surface area contributed by atoms with Crippen LogP contribution >= 0.6 is 11.8 Å². The van der Waals surface area contributed by atoms with Crippen molar-refractivity contribution in [3.63, 3.8) is 0 Å². The normalized spacial score (nSPS) is 17.8. The fourth-order valence-electron chi connectivity index (χ4n) is 1.84. The Bertz CT molecular complexity index is 320. The average molecular weight is 289 g/mol. The topological polar surface area (TPSA) is 32.7 Å². The van der Waals surface area contributed by atoms with Crippen molar-refractivity contribution in [3.8, 4) is 5.75 Å². The zero-order valence-electron chi connectivity index (χ0n) is 10.3. The van der Waals surface area contributed by atoms with Gasteiger partial charge in [0.15, 0.2) is 0 Å². The van der Waals surface area contributed by atoms with E-state index in [1.165, 1.54) is 11.5 Å². The van der Waals surface area contributed by atoms with Crippen molar-refractivity contribution in [1.29, 1.82) is 0 Å². The second kappa shape index (κ2) is 8.64. The van der Waals surface area contributed by atoms with Gasteiger partial charge in [-0.1, -0.05) is 18.2 Å². The van der Waals surface area contributed by atoms with E-state index >= 15 is 0 Å². The van der Waals surface area contributed by atoms with Gasteiger partial charge in [0, 0.05) is 31.1 Å². The number of aliphatic hydroxyl groups is 1. The minimum atomic E-state index is -0.404. The molecule has 0 bridgehead atoms. The molecule has 0 aliphatic carbocycles. The molecule has 0 saturated carbocycles. The summed E-state index contributed by atoms with van der Waals surface area (Å²) < 4.78 is 5.53. The van der Waals surface area contributed by atoms with Crippen LogP contribution in [0, 0.1) is 0 Å². The fraction of sp³-hybridized carbons (Fsp3) is 0.538. The highest BCUT2D eigenvalue weighted by molar-refractivity contribution is 7.99. The molecule has 1 heterocycles. The predicted molar refractivity (Wildman–Crippen MR) is 71.7 cm³/mol. The van der Waals surface area contributed by atoms with E-state index in [2.05, 4.69) is 4.90 Å². The second-order valence-corrected chi connectivity index (χ2v) is 5.42. The molecule has 18 heavy (non-hydrogen) atoms. The Morgan fingerprint density at radius 2 is 1.89 bits per heavy atom. The third kappa shape index (κ3) is 5.48. The molecule has 1 fully saturated rings. The third-order valence-electron chi connectivity index (χ3n) is 2.76. The Hall–Kier alpha value is -0.420. The van der Waals surface area contributed by atoms with Gasteiger partial charge in [-0.15, -0.1) is 0 Å². The van der Waals surface area contributed by atoms with Crippen molar-refractivity contribution in [2.24, 2.45) is 0 Å². The molecule has 1 aromatic carbocycles. The van der Waals surface area contributed by atoms with Crippen molar-refractivity contribution < 1.29 is 22.3 Å². The average Bonchev–Trinajstić information content (AvgIpc) is 2.39. The summed E-state index contributed by atoms with van der Waals surface area (Å²) in [7, 11) is 0. The van der Waals surface area contributed by atoms with Crippen LogP contribution in [-0.4, -0.2) is 53.9 Å². The Morgan fingerprint density at radius 3 is 2.56 bits per heavy atom. The first kappa shape index (κ1) is 15.6. The molecule has 1 atom stereocenters. The summed E-state index contributed by atoms with van der Waals surface area (Å²) in [5.41, 5.74) is 0. The molecule has 2 rings (SSSR count). The van der Waals surface area contributed by atoms with Crippen LogP contribution in [0.1, 0.15) is 0 Å². The van der Waals surface area contributed by atoms with E-state index in [1.807, 2.05) is 42.1 Å². The summed E-state index contributed by atoms with van der Waals surface area (Å²) in [5, 5.41) is 9.89. The number of aliphatic hydroxyl groups excluding tert-OH is 1. The maximum atomic E-state index is 9.89. The van der Waals surface area contributed by atoms with Gasteiger partial charge in [0.2, 0.25) is 0 Å². The van der Waals surface area contributed by atoms with Crippen molar-refractivity contribution >= 4 is 11.8 Å². The van der Waals surface area contributed by atoms with Gasteiger partial charge in [0.25, 0.3) is 0 Å². The van der Waals surface area contributed by atoms with Crippen LogP contribution in [0.3, 0.4) is 0 Å². The minimum Gasteiger partial charge on any atom is -1.00 e. The van der Waals surface area contributed by atoms with Gasteiger partial charge < -0.3 is 22.3 Å². The van der Waals surface area contributed by atoms with Gasteiger partial charge in [-0.25, -0.2) is 0 Å². The first-order valence-corrected chi connectivity index (χ1v) is 7.16. The summed E-state index contributed by atoms with van der Waals surface area (Å²) in [6, 6.07) is 9.64. The van der Waals surface area contributed by atoms with Crippen LogP contribution in [0.25, 0.3) is 0 Å². The van der Waals surface area contributed by atoms with Crippen molar-refractivity contribution in [3.05, 3.63) is 30.3 Å². The van der Waals surface area contributed by atoms with Gasteiger partial charge >= 0.3 is 0 Å². The van der Waals surface area contributed by atoms with Gasteiger partial charge in [-0.2, -0.15) is 11.8 Å². The number of hydrogen-bond acceptors (Lipinski definition) is 4. The SMILES string of the molecule is OC(COc1ccccc1)CN1CCSCC1.[Cl-]. The number of hydrogen-bond donors (Lipinski definition) is 1. The van der Waals surface area contributed by atoms with E-state index in [4.69, 9.17) is 4.74 Å². The largest absolute Gasteiger partial charge is 1.00 e. The molecule has 0 aromatic heterocycles. The Kier molecular flexibility index (Phi) is 7.51. The number of ether oxygens (including phenoxy) is 1. The molecular formula is C13H19ClNO2S-. The highest BCUT2D eigenvalue weighted by Crippen LogP contribution is 2.11. The van der Waals surface area contributed by atoms with E-state index in [0.29, 0.717) is 13.2 Å². The standard InChI is InChI=1S/C13H19NO2S.ClH/c15-12(10-14-6-8-17-9-7-14)11-16-13-4-2-1-3-5-13;/h1-5,12,15H,6-11H2;1H/p-1. The molecule has 5 heteroatoms. The van der Waals surface area contributed by atoms with Gasteiger partial charge in [0.1, 0.15) is 18.5 Å². The van der Waals surface area contributed by atoms with Crippen molar-refractivity contribution in [2.75, 3.05) is 37.7 Å². The first-order valence-electron chi connectivity index (χ1n) is 6.00. The van der Waals surface area contributed by atoms with Crippen molar-refractivity contribution in [2.45, 2.75) is 6.10 Å². The number of para-hydroxylation sites is 1. The molecule has 1 unspecified atom stereocenters. The molecule has 1 aliphatic heterocycles. The van der Waals surface area contributed by atoms with Crippen LogP contribution in [0.15, 0.2) is 30.3 Å². The third-order valence-corrected chi connectivity index (χ3v) is 3.70. The summed E-state index contributed by atoms with van der Waals surface area (Å²) in [4.78, 5) is 2.30. The summed E-state index contributed by atoms with van der Waals surface area (Å²) in [5.74, 6) is 3.17. The summed E-state index contributed by atoms with van der Waals surface area (Å²) >= 11 is 1.98. The van der Waals surface area contributed by atoms with E-state index in [0.717, 1.165) is 18.8 Å². The van der Waals surface area contributed by atoms with Crippen LogP contribution in [0.5, 0.6) is 5.75 Å². The van der Waals surface area contributed by atoms with E-state index < -0.39 is 6.10 Å². The number of β-amino-alcohol motifs (C(OH)–C–C–N with tert-alkyl or cyclic N) is 1. The van der Waals surface area contributed by atoms with Gasteiger partial charge in [0.05, 0.1) is 0 Å². The lowest BCUT2D eigenvalue weighted by molar-refractivity contribution is -0.00000560. The zero-order chi connectivity index (χ0) is 11.9. The summed E-state index contributed by atoms with van der Waals surface area (Å²) in [6.45, 7) is 3.24. The van der Waals surface area contributed by atoms with Crippen LogP contribution in [0.4, 0.5) is 0 Å². The fourth-order valence-corrected chi connectivity index (χ4v) is 2.82. The number of nitrogens with zero attached hydrogens (tertiary/aromatic N) is 1. The lowest BCUT2D eigenvalue weighted by atomic mass is 10.3. The molecule has 0 radical (unpaired) electrons. The summed E-state index contributed by atoms with van der Waals surface area (Å²) in [6.07, 6.45) is -0.404. The van der Waals surface area contributed by atoms with Crippen LogP contribution in [0.2, 0.25) is 0 Å². The molecule has 1 aromatic rings. The zero-order valence-corrected chi connectivity index (χ0v) is 11.9. The maximum absolute atomic E-state index is 9.89. The molecule has 1 N–H and O–H groups in total. The number of rotatable bonds is 5. The molecule has 0 amide bonds. The lowest BCUT2D eigenvalue weighted by Crippen LogP contribution is -3.00. The van der Waals surface area contributed by atoms with Gasteiger partial charge in [-0.05, 0) is 12.1 Å². The monoisotopic (exact) mass is 288 g/mol.